The molecule has 1 aliphatic carbocycles. The molecule has 0 atom stereocenters. The van der Waals surface area contributed by atoms with Crippen molar-refractivity contribution in [3.8, 4) is 45.1 Å². The number of nitrogens with zero attached hydrogens (tertiary/aromatic N) is 6. The molecule has 0 N–H and O–H groups in total. The van der Waals surface area contributed by atoms with Gasteiger partial charge < -0.3 is 0 Å². The first kappa shape index (κ1) is 46.6. The summed E-state index contributed by atoms with van der Waals surface area (Å²) in [6.45, 7) is 20.6. The summed E-state index contributed by atoms with van der Waals surface area (Å²) in [5, 5.41) is 0. The second-order valence-electron chi connectivity index (χ2n) is 22.6. The molecule has 0 saturated carbocycles. The van der Waals surface area contributed by atoms with E-state index in [0.29, 0.717) is 5.75 Å². The molecular weight excluding hydrogens is 1080 g/mol. The Hall–Kier alpha value is -7.47. The molecule has 2 aliphatic rings. The third-order valence-corrected chi connectivity index (χ3v) is 15.9. The van der Waals surface area contributed by atoms with E-state index in [2.05, 4.69) is 253 Å². The first-order chi connectivity index (χ1) is 35.0. The monoisotopic (exact) mass is 1130 g/mol. The molecule has 6 aromatic carbocycles. The van der Waals surface area contributed by atoms with Gasteiger partial charge in [0.2, 0.25) is 0 Å². The Morgan fingerprint density at radius 1 is 0.452 bits per heavy atom. The number of hydrogen-bond donors (Lipinski definition) is 0. The van der Waals surface area contributed by atoms with E-state index >= 15 is 0 Å². The van der Waals surface area contributed by atoms with Crippen LogP contribution >= 0.6 is 0 Å². The van der Waals surface area contributed by atoms with E-state index in [1.165, 1.54) is 27.8 Å². The summed E-state index contributed by atoms with van der Waals surface area (Å²) in [5.41, 5.74) is 18.5. The second-order valence-corrected chi connectivity index (χ2v) is 23.6. The van der Waals surface area contributed by atoms with E-state index in [0.717, 1.165) is 82.5 Å². The summed E-state index contributed by atoms with van der Waals surface area (Å²) in [4.78, 5) is 17.0. The zero-order chi connectivity index (χ0) is 50.6. The molecule has 0 fully saturated rings. The number of para-hydroxylation sites is 1. The van der Waals surface area contributed by atoms with Crippen LogP contribution in [0.15, 0.2) is 189 Å². The first-order valence-corrected chi connectivity index (χ1v) is 26.3. The van der Waals surface area contributed by atoms with Crippen molar-refractivity contribution >= 4 is 28.2 Å². The molecule has 0 amide bonds. The number of hydrogen-bond acceptors (Lipinski definition) is 5. The zero-order valence-corrected chi connectivity index (χ0v) is 45.1. The fourth-order valence-electron chi connectivity index (χ4n) is 11.1. The van der Waals surface area contributed by atoms with Crippen LogP contribution in [0.2, 0.25) is 0 Å². The third kappa shape index (κ3) is 7.66. The van der Waals surface area contributed by atoms with Gasteiger partial charge in [0.05, 0.1) is 0 Å². The molecule has 0 radical (unpaired) electrons. The van der Waals surface area contributed by atoms with Crippen molar-refractivity contribution in [1.29, 1.82) is 0 Å². The molecule has 5 heterocycles. The molecule has 10 aromatic rings. The van der Waals surface area contributed by atoms with E-state index in [1.54, 1.807) is 0 Å². The molecule has 7 nitrogen and oxygen atoms in total. The van der Waals surface area contributed by atoms with Crippen molar-refractivity contribution in [1.82, 2.24) is 24.1 Å². The molecular formula is C65H58N6OPt. The Bertz CT molecular complexity index is 3810. The summed E-state index contributed by atoms with van der Waals surface area (Å²) in [7, 11) is 0. The van der Waals surface area contributed by atoms with Crippen LogP contribution in [0.5, 0.6) is 11.5 Å². The number of fused-ring (bicyclic) bond motifs is 10. The van der Waals surface area contributed by atoms with Crippen LogP contribution in [-0.2, 0) is 41.0 Å². The number of aromatic nitrogens is 5. The number of imidazole rings is 1. The summed E-state index contributed by atoms with van der Waals surface area (Å²) in [6, 6.07) is 57.1. The van der Waals surface area contributed by atoms with Gasteiger partial charge in [0.15, 0.2) is 0 Å². The van der Waals surface area contributed by atoms with Crippen molar-refractivity contribution in [2.45, 2.75) is 84.0 Å². The topological polar surface area (TPSA) is 61.0 Å². The van der Waals surface area contributed by atoms with Crippen LogP contribution in [-0.4, -0.2) is 24.1 Å². The van der Waals surface area contributed by atoms with Crippen molar-refractivity contribution in [2.24, 2.45) is 0 Å². The molecule has 73 heavy (non-hydrogen) atoms. The van der Waals surface area contributed by atoms with Gasteiger partial charge in [-0.1, -0.05) is 39.0 Å². The number of rotatable bonds is 6. The van der Waals surface area contributed by atoms with Gasteiger partial charge in [-0.05, 0) is 40.3 Å². The molecule has 0 bridgehead atoms. The van der Waals surface area contributed by atoms with Gasteiger partial charge >= 0.3 is 322 Å². The van der Waals surface area contributed by atoms with Crippen LogP contribution in [0.25, 0.3) is 44.7 Å². The van der Waals surface area contributed by atoms with Crippen molar-refractivity contribution in [3.63, 3.8) is 0 Å². The van der Waals surface area contributed by atoms with Crippen molar-refractivity contribution in [2.75, 3.05) is 4.90 Å². The van der Waals surface area contributed by atoms with Gasteiger partial charge in [0.1, 0.15) is 0 Å². The van der Waals surface area contributed by atoms with Crippen LogP contribution in [0.4, 0.5) is 17.2 Å². The van der Waals surface area contributed by atoms with Crippen LogP contribution in [0.3, 0.4) is 0 Å². The fraction of sp³-hybridized carbons (Fsp3) is 0.200. The average Bonchev–Trinajstić information content (AvgIpc) is 3.84. The third-order valence-electron chi connectivity index (χ3n) is 14.9. The maximum atomic E-state index is 7.08. The Morgan fingerprint density at radius 3 is 1.77 bits per heavy atom. The van der Waals surface area contributed by atoms with E-state index in [9.17, 15) is 0 Å². The summed E-state index contributed by atoms with van der Waals surface area (Å²) >= 11 is 2.52. The maximum absolute atomic E-state index is 7.08. The molecule has 1 aliphatic heterocycles. The molecule has 4 aromatic heterocycles. The quantitative estimate of drug-likeness (QED) is 0.166. The Balaban J connectivity index is 1.03. The number of pyridine rings is 3. The molecule has 364 valence electrons. The van der Waals surface area contributed by atoms with Gasteiger partial charge in [-0.25, -0.2) is 0 Å². The molecule has 0 unspecified atom stereocenters. The van der Waals surface area contributed by atoms with Gasteiger partial charge in [-0.2, -0.15) is 0 Å². The van der Waals surface area contributed by atoms with Gasteiger partial charge in [0.25, 0.3) is 0 Å². The minimum absolute atomic E-state index is 0.0490. The predicted molar refractivity (Wildman–Crippen MR) is 293 cm³/mol. The van der Waals surface area contributed by atoms with Gasteiger partial charge in [-0.15, -0.1) is 0 Å². The van der Waals surface area contributed by atoms with E-state index < -0.39 is 5.41 Å². The normalized spacial score (nSPS) is 13.7. The molecule has 8 heteroatoms. The van der Waals surface area contributed by atoms with E-state index in [-0.39, 0.29) is 16.2 Å². The van der Waals surface area contributed by atoms with Crippen LogP contribution in [0, 0.1) is 3.80 Å². The molecule has 12 rings (SSSR count). The summed E-state index contributed by atoms with van der Waals surface area (Å²) in [5.74, 6) is 2.27. The molecule has 0 saturated heterocycles. The fourth-order valence-corrected chi connectivity index (χ4v) is 12.2. The average molecular weight is 1130 g/mol. The number of benzene rings is 6. The van der Waals surface area contributed by atoms with Gasteiger partial charge in [0, 0.05) is 31.0 Å². The SMILES string of the molecule is CC(C)(C)c1cc(-n2[c](=[Pt])n(-c3cccc(Oc4ccc5c(c4)N(c4cc(C(C)(C)C)ccn4)c4ccccc4C54c5cnccc5-c5ccncc54)c3)c3ccc(-c4ccccc4)cc32)cc(C(C)(C)C)c1. The van der Waals surface area contributed by atoms with Gasteiger partial charge in [-0.3, -0.25) is 9.97 Å². The van der Waals surface area contributed by atoms with E-state index in [4.69, 9.17) is 19.7 Å². The van der Waals surface area contributed by atoms with Crippen LogP contribution in [0.1, 0.15) is 101 Å². The second kappa shape index (κ2) is 17.1. The number of ether oxygens (including phenoxy) is 1. The molecule has 1 spiro atoms. The Morgan fingerprint density at radius 2 is 1.08 bits per heavy atom. The standard InChI is InChI=1S/C65H58N6O.Pt/c1-62(2,3)44-26-31-68-61(36-44)71-57-21-14-13-20-53(57)65(55-39-66-29-27-51(55)52-28-30-67-40-56(52)65)54-24-23-50(38-59(54)71)72-49-19-15-18-47(37-49)69-41-70(48-34-45(63(4,5)6)33-46(35-48)64(7,8)9)60-32-43(22-25-58(60)69)42-16-11-10-12-17-42;/h10-40H,1-9H3;. The Kier molecular flexibility index (Phi) is 10.9. The minimum atomic E-state index is -0.697. The van der Waals surface area contributed by atoms with Crippen molar-refractivity contribution in [3.05, 3.63) is 231 Å². The first-order valence-electron chi connectivity index (χ1n) is 25.1. The summed E-state index contributed by atoms with van der Waals surface area (Å²) < 4.78 is 12.9. The summed E-state index contributed by atoms with van der Waals surface area (Å²) in [6.07, 6.45) is 9.81. The number of anilines is 3. The zero-order valence-electron chi connectivity index (χ0n) is 42.8. The van der Waals surface area contributed by atoms with Crippen molar-refractivity contribution < 1.29 is 24.1 Å². The van der Waals surface area contributed by atoms with Crippen LogP contribution < -0.4 is 9.64 Å². The van der Waals surface area contributed by atoms with E-state index in [1.807, 2.05) is 31.0 Å². The predicted octanol–water partition coefficient (Wildman–Crippen LogP) is 16.2. The Labute approximate surface area is 439 Å².